The Bertz CT molecular complexity index is 172. The molecule has 0 aliphatic carbocycles. The molecule has 1 heterocycles. The van der Waals surface area contributed by atoms with E-state index in [2.05, 4.69) is 13.0 Å². The van der Waals surface area contributed by atoms with Crippen LogP contribution in [0, 0.1) is 0 Å². The molecule has 0 aromatic heterocycles. The second-order valence-electron chi connectivity index (χ2n) is 2.73. The Morgan fingerprint density at radius 2 is 2.55 bits per heavy atom. The monoisotopic (exact) mass is 170 g/mol. The highest BCUT2D eigenvalue weighted by Gasteiger charge is 2.12. The Labute approximate surface area is 72.2 Å². The standard InChI is InChI=1S/C9H14OS/c1-2-3-5-8(10)9-6-4-7-11-9/h6H,2-5,7H2,1H3. The first-order chi connectivity index (χ1) is 5.34. The second kappa shape index (κ2) is 4.60. The Morgan fingerprint density at radius 1 is 1.73 bits per heavy atom. The van der Waals surface area contributed by atoms with Gasteiger partial charge in [0.2, 0.25) is 0 Å². The zero-order chi connectivity index (χ0) is 8.10. The maximum absolute atomic E-state index is 11.3. The van der Waals surface area contributed by atoms with Crippen molar-refractivity contribution in [2.45, 2.75) is 32.6 Å². The summed E-state index contributed by atoms with van der Waals surface area (Å²) in [5.41, 5.74) is 0. The zero-order valence-electron chi connectivity index (χ0n) is 6.93. The molecular weight excluding hydrogens is 156 g/mol. The number of allylic oxidation sites excluding steroid dienone is 2. The van der Waals surface area contributed by atoms with E-state index < -0.39 is 0 Å². The lowest BCUT2D eigenvalue weighted by atomic mass is 10.2. The molecular formula is C9H14OS. The van der Waals surface area contributed by atoms with Crippen LogP contribution in [-0.2, 0) is 4.79 Å². The number of ketones is 1. The third-order valence-electron chi connectivity index (χ3n) is 1.74. The smallest absolute Gasteiger partial charge is 0.168 e. The van der Waals surface area contributed by atoms with Gasteiger partial charge in [-0.25, -0.2) is 0 Å². The fraction of sp³-hybridized carbons (Fsp3) is 0.667. The summed E-state index contributed by atoms with van der Waals surface area (Å²) in [7, 11) is 0. The van der Waals surface area contributed by atoms with Crippen molar-refractivity contribution < 1.29 is 4.79 Å². The average molecular weight is 170 g/mol. The molecule has 0 unspecified atom stereocenters. The zero-order valence-corrected chi connectivity index (χ0v) is 7.75. The molecule has 0 saturated heterocycles. The third-order valence-corrected chi connectivity index (χ3v) is 2.88. The fourth-order valence-corrected chi connectivity index (χ4v) is 2.03. The van der Waals surface area contributed by atoms with E-state index in [9.17, 15) is 4.79 Å². The first kappa shape index (κ1) is 8.85. The summed E-state index contributed by atoms with van der Waals surface area (Å²) < 4.78 is 0. The van der Waals surface area contributed by atoms with Gasteiger partial charge in [-0.1, -0.05) is 19.4 Å². The van der Waals surface area contributed by atoms with Gasteiger partial charge < -0.3 is 0 Å². The lowest BCUT2D eigenvalue weighted by molar-refractivity contribution is -0.115. The molecule has 0 saturated carbocycles. The number of Topliss-reactive ketones (excluding diaryl/α,β-unsaturated/α-hetero) is 1. The first-order valence-electron chi connectivity index (χ1n) is 4.20. The van der Waals surface area contributed by atoms with Gasteiger partial charge in [0.15, 0.2) is 5.78 Å². The predicted octanol–water partition coefficient (Wildman–Crippen LogP) is 2.77. The van der Waals surface area contributed by atoms with Gasteiger partial charge in [0, 0.05) is 17.1 Å². The maximum Gasteiger partial charge on any atom is 0.168 e. The van der Waals surface area contributed by atoms with Crippen LogP contribution in [-0.4, -0.2) is 11.5 Å². The lowest BCUT2D eigenvalue weighted by Crippen LogP contribution is -1.96. The average Bonchev–Trinajstić information content (AvgIpc) is 2.52. The Morgan fingerprint density at radius 3 is 3.09 bits per heavy atom. The van der Waals surface area contributed by atoms with Gasteiger partial charge in [0.05, 0.1) is 0 Å². The van der Waals surface area contributed by atoms with Crippen LogP contribution in [0.5, 0.6) is 0 Å². The van der Waals surface area contributed by atoms with Gasteiger partial charge in [-0.2, -0.15) is 0 Å². The van der Waals surface area contributed by atoms with E-state index in [4.69, 9.17) is 0 Å². The lowest BCUT2D eigenvalue weighted by Gasteiger charge is -1.97. The van der Waals surface area contributed by atoms with E-state index in [-0.39, 0.29) is 0 Å². The van der Waals surface area contributed by atoms with Crippen molar-refractivity contribution in [3.63, 3.8) is 0 Å². The Hall–Kier alpha value is -0.240. The number of rotatable bonds is 4. The molecule has 0 spiro atoms. The van der Waals surface area contributed by atoms with Crippen LogP contribution in [0.1, 0.15) is 32.6 Å². The van der Waals surface area contributed by atoms with Gasteiger partial charge in [-0.3, -0.25) is 4.79 Å². The molecule has 1 nitrogen and oxygen atoms in total. The number of hydrogen-bond acceptors (Lipinski definition) is 2. The Kier molecular flexibility index (Phi) is 3.70. The van der Waals surface area contributed by atoms with E-state index in [0.717, 1.165) is 36.3 Å². The molecule has 0 aromatic rings. The Balaban J connectivity index is 2.29. The summed E-state index contributed by atoms with van der Waals surface area (Å²) in [6.07, 6.45) is 6.05. The van der Waals surface area contributed by atoms with Crippen molar-refractivity contribution in [2.24, 2.45) is 0 Å². The molecule has 0 N–H and O–H groups in total. The molecule has 1 aliphatic heterocycles. The van der Waals surface area contributed by atoms with E-state index in [1.807, 2.05) is 0 Å². The van der Waals surface area contributed by atoms with Gasteiger partial charge in [-0.15, -0.1) is 11.8 Å². The van der Waals surface area contributed by atoms with Crippen LogP contribution in [0.15, 0.2) is 11.0 Å². The number of hydrogen-bond donors (Lipinski definition) is 0. The highest BCUT2D eigenvalue weighted by molar-refractivity contribution is 8.04. The van der Waals surface area contributed by atoms with Crippen molar-refractivity contribution >= 4 is 17.5 Å². The van der Waals surface area contributed by atoms with Crippen LogP contribution in [0.4, 0.5) is 0 Å². The molecule has 1 aliphatic rings. The van der Waals surface area contributed by atoms with Crippen LogP contribution >= 0.6 is 11.8 Å². The molecule has 0 radical (unpaired) electrons. The number of carbonyl (C=O) groups excluding carboxylic acids is 1. The van der Waals surface area contributed by atoms with Crippen molar-refractivity contribution in [1.29, 1.82) is 0 Å². The minimum Gasteiger partial charge on any atom is -0.294 e. The van der Waals surface area contributed by atoms with Crippen molar-refractivity contribution in [2.75, 3.05) is 5.75 Å². The summed E-state index contributed by atoms with van der Waals surface area (Å²) >= 11 is 1.71. The fourth-order valence-electron chi connectivity index (χ4n) is 1.07. The van der Waals surface area contributed by atoms with Gasteiger partial charge in [0.1, 0.15) is 0 Å². The van der Waals surface area contributed by atoms with Crippen LogP contribution in [0.3, 0.4) is 0 Å². The van der Waals surface area contributed by atoms with E-state index >= 15 is 0 Å². The minimum absolute atomic E-state index is 0.356. The number of unbranched alkanes of at least 4 members (excludes halogenated alkanes) is 1. The van der Waals surface area contributed by atoms with Gasteiger partial charge in [-0.05, 0) is 12.8 Å². The summed E-state index contributed by atoms with van der Waals surface area (Å²) in [6, 6.07) is 0. The summed E-state index contributed by atoms with van der Waals surface area (Å²) in [5, 5.41) is 0. The minimum atomic E-state index is 0.356. The quantitative estimate of drug-likeness (QED) is 0.645. The molecule has 0 fully saturated rings. The number of thioether (sulfide) groups is 1. The molecule has 0 amide bonds. The van der Waals surface area contributed by atoms with Crippen LogP contribution < -0.4 is 0 Å². The normalized spacial score (nSPS) is 16.6. The molecule has 2 heteroatoms. The third kappa shape index (κ3) is 2.70. The van der Waals surface area contributed by atoms with Crippen LogP contribution in [0.2, 0.25) is 0 Å². The largest absolute Gasteiger partial charge is 0.294 e. The number of carbonyl (C=O) groups is 1. The van der Waals surface area contributed by atoms with Crippen LogP contribution in [0.25, 0.3) is 0 Å². The molecule has 62 valence electrons. The maximum atomic E-state index is 11.3. The molecule has 0 bridgehead atoms. The van der Waals surface area contributed by atoms with E-state index in [0.29, 0.717) is 5.78 Å². The van der Waals surface area contributed by atoms with E-state index in [1.54, 1.807) is 11.8 Å². The first-order valence-corrected chi connectivity index (χ1v) is 5.19. The van der Waals surface area contributed by atoms with Crippen molar-refractivity contribution in [3.8, 4) is 0 Å². The van der Waals surface area contributed by atoms with E-state index in [1.165, 1.54) is 0 Å². The highest BCUT2D eigenvalue weighted by atomic mass is 32.2. The second-order valence-corrected chi connectivity index (χ2v) is 3.87. The van der Waals surface area contributed by atoms with Gasteiger partial charge in [0.25, 0.3) is 0 Å². The predicted molar refractivity (Wildman–Crippen MR) is 49.7 cm³/mol. The molecule has 1 rings (SSSR count). The highest BCUT2D eigenvalue weighted by Crippen LogP contribution is 2.26. The molecule has 11 heavy (non-hydrogen) atoms. The summed E-state index contributed by atoms with van der Waals surface area (Å²) in [4.78, 5) is 12.3. The SMILES string of the molecule is CCCCC(=O)C1=CCCS1. The topological polar surface area (TPSA) is 17.1 Å². The van der Waals surface area contributed by atoms with Gasteiger partial charge >= 0.3 is 0 Å². The van der Waals surface area contributed by atoms with Crippen molar-refractivity contribution in [3.05, 3.63) is 11.0 Å². The summed E-state index contributed by atoms with van der Waals surface area (Å²) in [5.74, 6) is 1.46. The summed E-state index contributed by atoms with van der Waals surface area (Å²) in [6.45, 7) is 2.11. The molecule has 0 atom stereocenters. The van der Waals surface area contributed by atoms with Crippen molar-refractivity contribution in [1.82, 2.24) is 0 Å². The molecule has 0 aromatic carbocycles.